The second kappa shape index (κ2) is 9.87. The van der Waals surface area contributed by atoms with Gasteiger partial charge in [-0.05, 0) is 55.7 Å². The molecule has 8 nitrogen and oxygen atoms in total. The zero-order valence-corrected chi connectivity index (χ0v) is 19.4. The number of nitrogens with zero attached hydrogens (tertiary/aromatic N) is 3. The Hall–Kier alpha value is -2.65. The zero-order chi connectivity index (χ0) is 22.6. The van der Waals surface area contributed by atoms with Gasteiger partial charge in [0.1, 0.15) is 23.5 Å². The van der Waals surface area contributed by atoms with Crippen LogP contribution in [0.4, 0.5) is 5.82 Å². The number of aromatic amines is 1. The summed E-state index contributed by atoms with van der Waals surface area (Å²) in [6, 6.07) is 10.0. The summed E-state index contributed by atoms with van der Waals surface area (Å²) in [7, 11) is 0.382. The molecule has 0 aliphatic heterocycles. The average Bonchev–Trinajstić information content (AvgIpc) is 3.28. The summed E-state index contributed by atoms with van der Waals surface area (Å²) in [6.07, 6.45) is 7.75. The third kappa shape index (κ3) is 5.21. The van der Waals surface area contributed by atoms with Gasteiger partial charge in [0.25, 0.3) is 0 Å². The highest BCUT2D eigenvalue weighted by atomic mass is 32.2. The van der Waals surface area contributed by atoms with Gasteiger partial charge in [-0.2, -0.15) is 0 Å². The van der Waals surface area contributed by atoms with Crippen molar-refractivity contribution >= 4 is 26.9 Å². The molecule has 9 heteroatoms. The van der Waals surface area contributed by atoms with Crippen LogP contribution in [0.15, 0.2) is 42.9 Å². The number of nitrogens with one attached hydrogen (secondary N) is 2. The minimum absolute atomic E-state index is 0.182. The molecule has 2 heterocycles. The van der Waals surface area contributed by atoms with Crippen molar-refractivity contribution in [3.8, 4) is 5.75 Å². The van der Waals surface area contributed by atoms with E-state index in [9.17, 15) is 8.42 Å². The summed E-state index contributed by atoms with van der Waals surface area (Å²) in [4.78, 5) is 14.1. The number of benzene rings is 1. The molecule has 0 amide bonds. The summed E-state index contributed by atoms with van der Waals surface area (Å²) in [5.41, 5.74) is 1.84. The highest BCUT2D eigenvalue weighted by Crippen LogP contribution is 2.32. The second-order valence-electron chi connectivity index (χ2n) is 8.46. The zero-order valence-electron chi connectivity index (χ0n) is 18.6. The Morgan fingerprint density at radius 3 is 2.72 bits per heavy atom. The highest BCUT2D eigenvalue weighted by molar-refractivity contribution is 7.89. The number of ether oxygens (including phenoxy) is 1. The van der Waals surface area contributed by atoms with Crippen molar-refractivity contribution in [1.82, 2.24) is 19.7 Å². The Balaban J connectivity index is 1.27. The normalized spacial score (nSPS) is 19.2. The fraction of sp³-hybridized carbons (Fsp3) is 0.478. The van der Waals surface area contributed by atoms with Crippen LogP contribution in [0.3, 0.4) is 0 Å². The van der Waals surface area contributed by atoms with E-state index < -0.39 is 10.0 Å². The number of aromatic nitrogens is 3. The molecule has 0 spiro atoms. The standard InChI is InChI=1S/C23H31N5O3S/c1-28(23-20-12-13-24-22(20)25-16-26-23)19-9-7-17(8-10-19)15-32(29,30)27-14-11-18-5-3-4-6-21(18)31-2/h3-6,12-13,16-17,19,27H,7-11,14-15H2,1-2H3,(H,24,25,26)/t17-,19-. The number of H-pyrrole nitrogens is 1. The Morgan fingerprint density at radius 1 is 1.16 bits per heavy atom. The lowest BCUT2D eigenvalue weighted by Crippen LogP contribution is -2.38. The summed E-state index contributed by atoms with van der Waals surface area (Å²) in [5, 5.41) is 1.01. The van der Waals surface area contributed by atoms with E-state index in [1.165, 1.54) is 0 Å². The number of rotatable bonds is 9. The van der Waals surface area contributed by atoms with Gasteiger partial charge in [-0.25, -0.2) is 23.1 Å². The first-order chi connectivity index (χ1) is 15.5. The fourth-order valence-corrected chi connectivity index (χ4v) is 6.12. The number of methoxy groups -OCH3 is 1. The number of hydrogen-bond donors (Lipinski definition) is 2. The quantitative estimate of drug-likeness (QED) is 0.512. The van der Waals surface area contributed by atoms with E-state index in [1.807, 2.05) is 36.5 Å². The molecule has 0 radical (unpaired) electrons. The Bertz CT molecular complexity index is 1140. The molecule has 2 N–H and O–H groups in total. The van der Waals surface area contributed by atoms with Crippen molar-refractivity contribution in [2.45, 2.75) is 38.1 Å². The van der Waals surface area contributed by atoms with Crippen molar-refractivity contribution < 1.29 is 13.2 Å². The van der Waals surface area contributed by atoms with E-state index in [0.717, 1.165) is 53.8 Å². The summed E-state index contributed by atoms with van der Waals surface area (Å²) >= 11 is 0. The molecule has 1 aliphatic rings. The minimum atomic E-state index is -3.31. The van der Waals surface area contributed by atoms with Crippen LogP contribution in [0.5, 0.6) is 5.75 Å². The van der Waals surface area contributed by atoms with Gasteiger partial charge in [0.05, 0.1) is 18.2 Å². The smallest absolute Gasteiger partial charge is 0.211 e. The number of fused-ring (bicyclic) bond motifs is 1. The van der Waals surface area contributed by atoms with Crippen LogP contribution < -0.4 is 14.4 Å². The summed E-state index contributed by atoms with van der Waals surface area (Å²) in [5.74, 6) is 2.08. The molecule has 3 aromatic rings. The minimum Gasteiger partial charge on any atom is -0.496 e. The van der Waals surface area contributed by atoms with Gasteiger partial charge in [-0.3, -0.25) is 0 Å². The molecule has 4 rings (SSSR count). The van der Waals surface area contributed by atoms with Crippen LogP contribution in [0.25, 0.3) is 11.0 Å². The van der Waals surface area contributed by atoms with Gasteiger partial charge < -0.3 is 14.6 Å². The molecular weight excluding hydrogens is 426 g/mol. The average molecular weight is 458 g/mol. The number of hydrogen-bond acceptors (Lipinski definition) is 6. The van der Waals surface area contributed by atoms with E-state index in [0.29, 0.717) is 19.0 Å². The first-order valence-corrected chi connectivity index (χ1v) is 12.7. The van der Waals surface area contributed by atoms with Crippen molar-refractivity contribution in [1.29, 1.82) is 0 Å². The molecule has 32 heavy (non-hydrogen) atoms. The molecule has 1 aromatic carbocycles. The lowest BCUT2D eigenvalue weighted by molar-refractivity contribution is 0.340. The molecule has 0 unspecified atom stereocenters. The molecule has 0 bridgehead atoms. The molecule has 0 atom stereocenters. The van der Waals surface area contributed by atoms with Crippen LogP contribution in [-0.2, 0) is 16.4 Å². The van der Waals surface area contributed by atoms with Crippen LogP contribution in [0.1, 0.15) is 31.2 Å². The lowest BCUT2D eigenvalue weighted by Gasteiger charge is -2.35. The van der Waals surface area contributed by atoms with Gasteiger partial charge in [0.2, 0.25) is 10.0 Å². The van der Waals surface area contributed by atoms with Gasteiger partial charge in [0.15, 0.2) is 0 Å². The number of sulfonamides is 1. The molecule has 1 aliphatic carbocycles. The second-order valence-corrected chi connectivity index (χ2v) is 10.3. The van der Waals surface area contributed by atoms with Crippen LogP contribution in [0.2, 0.25) is 0 Å². The number of para-hydroxylation sites is 1. The highest BCUT2D eigenvalue weighted by Gasteiger charge is 2.28. The number of anilines is 1. The third-order valence-electron chi connectivity index (χ3n) is 6.39. The fourth-order valence-electron chi connectivity index (χ4n) is 4.63. The van der Waals surface area contributed by atoms with Crippen LogP contribution >= 0.6 is 0 Å². The van der Waals surface area contributed by atoms with Crippen molar-refractivity contribution in [2.75, 3.05) is 31.4 Å². The predicted molar refractivity (Wildman–Crippen MR) is 127 cm³/mol. The molecule has 1 fully saturated rings. The van der Waals surface area contributed by atoms with Crippen molar-refractivity contribution in [3.05, 3.63) is 48.4 Å². The maximum absolute atomic E-state index is 12.6. The van der Waals surface area contributed by atoms with E-state index >= 15 is 0 Å². The van der Waals surface area contributed by atoms with Gasteiger partial charge in [-0.1, -0.05) is 18.2 Å². The Morgan fingerprint density at radius 2 is 1.94 bits per heavy atom. The summed E-state index contributed by atoms with van der Waals surface area (Å²) in [6.45, 7) is 0.376. The maximum Gasteiger partial charge on any atom is 0.211 e. The Labute approximate surface area is 189 Å². The molecule has 1 saturated carbocycles. The first-order valence-electron chi connectivity index (χ1n) is 11.1. The molecule has 0 saturated heterocycles. The topological polar surface area (TPSA) is 100 Å². The first kappa shape index (κ1) is 22.5. The van der Waals surface area contributed by atoms with Crippen LogP contribution in [0, 0.1) is 5.92 Å². The SMILES string of the molecule is COc1ccccc1CCNS(=O)(=O)C[C@H]1CC[C@H](N(C)c2ncnc3[nH]ccc23)CC1. The van der Waals surface area contributed by atoms with E-state index in [4.69, 9.17) is 4.74 Å². The lowest BCUT2D eigenvalue weighted by atomic mass is 9.86. The van der Waals surface area contributed by atoms with Crippen molar-refractivity contribution in [2.24, 2.45) is 5.92 Å². The van der Waals surface area contributed by atoms with E-state index in [2.05, 4.69) is 31.6 Å². The van der Waals surface area contributed by atoms with Gasteiger partial charge in [-0.15, -0.1) is 0 Å². The van der Waals surface area contributed by atoms with Gasteiger partial charge in [0, 0.05) is 25.8 Å². The van der Waals surface area contributed by atoms with Crippen molar-refractivity contribution in [3.63, 3.8) is 0 Å². The van der Waals surface area contributed by atoms with Gasteiger partial charge >= 0.3 is 0 Å². The van der Waals surface area contributed by atoms with E-state index in [1.54, 1.807) is 13.4 Å². The molecule has 2 aromatic heterocycles. The monoisotopic (exact) mass is 457 g/mol. The maximum atomic E-state index is 12.6. The largest absolute Gasteiger partial charge is 0.496 e. The molecule has 172 valence electrons. The van der Waals surface area contributed by atoms with Crippen LogP contribution in [-0.4, -0.2) is 55.9 Å². The Kier molecular flexibility index (Phi) is 6.95. The van der Waals surface area contributed by atoms with E-state index in [-0.39, 0.29) is 11.7 Å². The predicted octanol–water partition coefficient (Wildman–Crippen LogP) is 3.12. The molecular formula is C23H31N5O3S. The third-order valence-corrected chi connectivity index (χ3v) is 7.95. The summed E-state index contributed by atoms with van der Waals surface area (Å²) < 4.78 is 33.4.